The van der Waals surface area contributed by atoms with Gasteiger partial charge < -0.3 is 4.74 Å². The molecule has 0 unspecified atom stereocenters. The van der Waals surface area contributed by atoms with Gasteiger partial charge in [-0.1, -0.05) is 0 Å². The third kappa shape index (κ3) is 2.27. The number of carbonyl (C=O) groups is 1. The Hall–Kier alpha value is -2.07. The van der Waals surface area contributed by atoms with Gasteiger partial charge in [-0.05, 0) is 18.2 Å². The Kier molecular flexibility index (Phi) is 3.20. The third-order valence-corrected chi connectivity index (χ3v) is 3.62. The highest BCUT2D eigenvalue weighted by Crippen LogP contribution is 2.42. The first-order valence-electron chi connectivity index (χ1n) is 5.00. The molecule has 0 fully saturated rings. The smallest absolute Gasteiger partial charge is 0.418 e. The standard InChI is InChI=1S/C12H6F3NO2S/c1-18-11(17)10-9(12(13,14)15)7-4-6(5-16)2-3-8(7)19-10/h2-4H,1H3. The van der Waals surface area contributed by atoms with Gasteiger partial charge in [0.15, 0.2) is 0 Å². The van der Waals surface area contributed by atoms with Gasteiger partial charge in [0.2, 0.25) is 0 Å². The fourth-order valence-corrected chi connectivity index (χ4v) is 2.81. The number of benzene rings is 1. The Labute approximate surface area is 109 Å². The van der Waals surface area contributed by atoms with Crippen LogP contribution in [0.1, 0.15) is 20.8 Å². The lowest BCUT2D eigenvalue weighted by Crippen LogP contribution is -2.11. The predicted molar refractivity (Wildman–Crippen MR) is 62.9 cm³/mol. The van der Waals surface area contributed by atoms with Crippen LogP contribution in [0.2, 0.25) is 0 Å². The first kappa shape index (κ1) is 13.4. The van der Waals surface area contributed by atoms with Crippen LogP contribution in [0.25, 0.3) is 10.1 Å². The number of methoxy groups -OCH3 is 1. The van der Waals surface area contributed by atoms with Crippen LogP contribution in [0, 0.1) is 11.3 Å². The zero-order chi connectivity index (χ0) is 14.2. The average Bonchev–Trinajstić information content (AvgIpc) is 2.75. The van der Waals surface area contributed by atoms with Gasteiger partial charge in [0.1, 0.15) is 4.88 Å². The fourth-order valence-electron chi connectivity index (χ4n) is 1.69. The largest absolute Gasteiger partial charge is 0.465 e. The molecule has 2 rings (SSSR count). The van der Waals surface area contributed by atoms with E-state index in [1.807, 2.05) is 0 Å². The molecule has 2 aromatic rings. The molecule has 0 amide bonds. The second-order valence-corrected chi connectivity index (χ2v) is 4.67. The lowest BCUT2D eigenvalue weighted by atomic mass is 10.1. The summed E-state index contributed by atoms with van der Waals surface area (Å²) in [6.07, 6.45) is -4.68. The minimum atomic E-state index is -4.68. The molecular weight excluding hydrogens is 279 g/mol. The van der Waals surface area contributed by atoms with Gasteiger partial charge >= 0.3 is 12.1 Å². The number of hydrogen-bond donors (Lipinski definition) is 0. The molecule has 0 atom stereocenters. The number of esters is 1. The number of nitriles is 1. The number of halogens is 3. The molecule has 0 spiro atoms. The maximum atomic E-state index is 13.1. The van der Waals surface area contributed by atoms with Crippen molar-refractivity contribution in [3.8, 4) is 6.07 Å². The van der Waals surface area contributed by atoms with Crippen molar-refractivity contribution in [3.05, 3.63) is 34.2 Å². The molecule has 7 heteroatoms. The van der Waals surface area contributed by atoms with Crippen LogP contribution in [0.3, 0.4) is 0 Å². The number of rotatable bonds is 1. The Morgan fingerprint density at radius 1 is 1.42 bits per heavy atom. The number of nitrogens with zero attached hydrogens (tertiary/aromatic N) is 1. The van der Waals surface area contributed by atoms with E-state index in [1.54, 1.807) is 6.07 Å². The van der Waals surface area contributed by atoms with E-state index >= 15 is 0 Å². The number of alkyl halides is 3. The zero-order valence-electron chi connectivity index (χ0n) is 9.54. The van der Waals surface area contributed by atoms with Crippen molar-refractivity contribution in [1.29, 1.82) is 5.26 Å². The molecule has 0 aliphatic carbocycles. The summed E-state index contributed by atoms with van der Waals surface area (Å²) < 4.78 is 43.8. The van der Waals surface area contributed by atoms with Gasteiger partial charge in [-0.15, -0.1) is 11.3 Å². The van der Waals surface area contributed by atoms with E-state index in [0.717, 1.165) is 13.2 Å². The summed E-state index contributed by atoms with van der Waals surface area (Å²) in [7, 11) is 1.02. The van der Waals surface area contributed by atoms with E-state index < -0.39 is 22.6 Å². The van der Waals surface area contributed by atoms with E-state index in [1.165, 1.54) is 12.1 Å². The molecule has 1 heterocycles. The van der Waals surface area contributed by atoms with Gasteiger partial charge in [0.05, 0.1) is 24.3 Å². The van der Waals surface area contributed by atoms with E-state index in [-0.39, 0.29) is 15.6 Å². The van der Waals surface area contributed by atoms with Crippen molar-refractivity contribution in [2.24, 2.45) is 0 Å². The van der Waals surface area contributed by atoms with Crippen molar-refractivity contribution in [1.82, 2.24) is 0 Å². The molecule has 0 aliphatic heterocycles. The van der Waals surface area contributed by atoms with E-state index in [4.69, 9.17) is 5.26 Å². The first-order valence-corrected chi connectivity index (χ1v) is 5.82. The molecule has 19 heavy (non-hydrogen) atoms. The highest BCUT2D eigenvalue weighted by Gasteiger charge is 2.39. The first-order chi connectivity index (χ1) is 8.88. The highest BCUT2D eigenvalue weighted by molar-refractivity contribution is 7.21. The minimum absolute atomic E-state index is 0.104. The van der Waals surface area contributed by atoms with Crippen LogP contribution in [0.15, 0.2) is 18.2 Å². The Balaban J connectivity index is 2.84. The number of hydrogen-bond acceptors (Lipinski definition) is 4. The lowest BCUT2D eigenvalue weighted by Gasteiger charge is -2.07. The Bertz CT molecular complexity index is 697. The molecule has 0 saturated carbocycles. The summed E-state index contributed by atoms with van der Waals surface area (Å²) in [6.45, 7) is 0. The van der Waals surface area contributed by atoms with Gasteiger partial charge in [-0.25, -0.2) is 4.79 Å². The zero-order valence-corrected chi connectivity index (χ0v) is 10.4. The summed E-state index contributed by atoms with van der Waals surface area (Å²) in [5.74, 6) is -1.04. The summed E-state index contributed by atoms with van der Waals surface area (Å²) in [5, 5.41) is 8.58. The predicted octanol–water partition coefficient (Wildman–Crippen LogP) is 3.58. The molecule has 3 nitrogen and oxygen atoms in total. The summed E-state index contributed by atoms with van der Waals surface area (Å²) >= 11 is 0.699. The van der Waals surface area contributed by atoms with E-state index in [9.17, 15) is 18.0 Å². The monoisotopic (exact) mass is 285 g/mol. The highest BCUT2D eigenvalue weighted by atomic mass is 32.1. The Morgan fingerprint density at radius 3 is 2.63 bits per heavy atom. The van der Waals surface area contributed by atoms with Crippen molar-refractivity contribution in [2.45, 2.75) is 6.18 Å². The summed E-state index contributed by atoms with van der Waals surface area (Å²) in [5.41, 5.74) is -0.941. The van der Waals surface area contributed by atoms with Crippen molar-refractivity contribution >= 4 is 27.4 Å². The topological polar surface area (TPSA) is 50.1 Å². The SMILES string of the molecule is COC(=O)c1sc2ccc(C#N)cc2c1C(F)(F)F. The van der Waals surface area contributed by atoms with Crippen molar-refractivity contribution < 1.29 is 22.7 Å². The number of carbonyl (C=O) groups excluding carboxylic acids is 1. The van der Waals surface area contributed by atoms with Gasteiger partial charge in [-0.3, -0.25) is 0 Å². The third-order valence-electron chi connectivity index (χ3n) is 2.47. The molecule has 0 saturated heterocycles. The van der Waals surface area contributed by atoms with Crippen LogP contribution >= 0.6 is 11.3 Å². The molecule has 0 radical (unpaired) electrons. The quantitative estimate of drug-likeness (QED) is 0.752. The van der Waals surface area contributed by atoms with Crippen LogP contribution in [0.4, 0.5) is 13.2 Å². The molecule has 98 valence electrons. The molecular formula is C12H6F3NO2S. The maximum Gasteiger partial charge on any atom is 0.418 e. The second-order valence-electron chi connectivity index (χ2n) is 3.62. The molecule has 0 bridgehead atoms. The maximum absolute atomic E-state index is 13.1. The van der Waals surface area contributed by atoms with Crippen molar-refractivity contribution in [3.63, 3.8) is 0 Å². The number of thiophene rings is 1. The lowest BCUT2D eigenvalue weighted by molar-refractivity contribution is -0.136. The molecule has 0 aliphatic rings. The van der Waals surface area contributed by atoms with E-state index in [2.05, 4.69) is 4.74 Å². The summed E-state index contributed by atoms with van der Waals surface area (Å²) in [4.78, 5) is 10.9. The Morgan fingerprint density at radius 2 is 2.11 bits per heavy atom. The van der Waals surface area contributed by atoms with Crippen LogP contribution in [0.5, 0.6) is 0 Å². The van der Waals surface area contributed by atoms with Crippen molar-refractivity contribution in [2.75, 3.05) is 7.11 Å². The minimum Gasteiger partial charge on any atom is -0.465 e. The number of fused-ring (bicyclic) bond motifs is 1. The van der Waals surface area contributed by atoms with Gasteiger partial charge in [0.25, 0.3) is 0 Å². The molecule has 0 N–H and O–H groups in total. The second kappa shape index (κ2) is 4.55. The van der Waals surface area contributed by atoms with Gasteiger partial charge in [0, 0.05) is 10.1 Å². The average molecular weight is 285 g/mol. The van der Waals surface area contributed by atoms with Crippen LogP contribution in [-0.4, -0.2) is 13.1 Å². The molecule has 1 aromatic heterocycles. The van der Waals surface area contributed by atoms with Gasteiger partial charge in [-0.2, -0.15) is 18.4 Å². The van der Waals surface area contributed by atoms with Crippen LogP contribution in [-0.2, 0) is 10.9 Å². The van der Waals surface area contributed by atoms with Crippen LogP contribution < -0.4 is 0 Å². The number of ether oxygens (including phenoxy) is 1. The summed E-state index contributed by atoms with van der Waals surface area (Å²) in [6, 6.07) is 5.69. The molecule has 1 aromatic carbocycles. The normalized spacial score (nSPS) is 11.3. The fraction of sp³-hybridized carbons (Fsp3) is 0.167. The van der Waals surface area contributed by atoms with E-state index in [0.29, 0.717) is 11.3 Å².